The summed E-state index contributed by atoms with van der Waals surface area (Å²) in [6.07, 6.45) is 2.49. The molecular formula is C16H24N2O. The average molecular weight is 260 g/mol. The van der Waals surface area contributed by atoms with Crippen LogP contribution in [0.5, 0.6) is 5.75 Å². The van der Waals surface area contributed by atoms with Gasteiger partial charge in [-0.1, -0.05) is 19.1 Å². The molecule has 1 N–H and O–H groups in total. The van der Waals surface area contributed by atoms with Gasteiger partial charge in [-0.2, -0.15) is 5.26 Å². The maximum atomic E-state index is 9.22. The van der Waals surface area contributed by atoms with Crippen LogP contribution in [0.4, 0.5) is 0 Å². The average Bonchev–Trinajstić information content (AvgIpc) is 2.43. The Morgan fingerprint density at radius 2 is 2.11 bits per heavy atom. The minimum atomic E-state index is -0.412. The van der Waals surface area contributed by atoms with Crippen LogP contribution in [0, 0.1) is 25.2 Å². The molecule has 1 rings (SSSR count). The molecule has 1 aromatic rings. The minimum Gasteiger partial charge on any atom is -0.493 e. The fourth-order valence-corrected chi connectivity index (χ4v) is 2.09. The van der Waals surface area contributed by atoms with Crippen molar-refractivity contribution >= 4 is 0 Å². The molecule has 0 saturated heterocycles. The summed E-state index contributed by atoms with van der Waals surface area (Å²) in [6.45, 7) is 6.79. The summed E-state index contributed by atoms with van der Waals surface area (Å²) in [6, 6.07) is 8.59. The van der Waals surface area contributed by atoms with Gasteiger partial charge in [-0.3, -0.25) is 0 Å². The Hall–Kier alpha value is -1.53. The van der Waals surface area contributed by atoms with Crippen LogP contribution in [0.1, 0.15) is 37.3 Å². The summed E-state index contributed by atoms with van der Waals surface area (Å²) in [5.41, 5.74) is 1.95. The van der Waals surface area contributed by atoms with E-state index in [1.165, 1.54) is 5.56 Å². The quantitative estimate of drug-likeness (QED) is 0.765. The molecule has 0 aliphatic carbocycles. The summed E-state index contributed by atoms with van der Waals surface area (Å²) in [5.74, 6) is 0.948. The van der Waals surface area contributed by atoms with E-state index in [4.69, 9.17) is 4.74 Å². The van der Waals surface area contributed by atoms with E-state index < -0.39 is 5.54 Å². The second-order valence-corrected chi connectivity index (χ2v) is 5.02. The third kappa shape index (κ3) is 4.25. The summed E-state index contributed by atoms with van der Waals surface area (Å²) >= 11 is 0. The lowest BCUT2D eigenvalue weighted by atomic mass is 9.92. The highest BCUT2D eigenvalue weighted by Gasteiger charge is 2.24. The van der Waals surface area contributed by atoms with E-state index in [1.807, 2.05) is 20.9 Å². The Kier molecular flexibility index (Phi) is 5.85. The van der Waals surface area contributed by atoms with Crippen molar-refractivity contribution in [1.29, 1.82) is 5.26 Å². The van der Waals surface area contributed by atoms with Crippen molar-refractivity contribution in [2.45, 2.75) is 45.6 Å². The lowest BCUT2D eigenvalue weighted by molar-refractivity contribution is 0.280. The molecule has 1 atom stereocenters. The van der Waals surface area contributed by atoms with Crippen molar-refractivity contribution in [2.75, 3.05) is 13.7 Å². The summed E-state index contributed by atoms with van der Waals surface area (Å²) in [5, 5.41) is 12.3. The highest BCUT2D eigenvalue weighted by Crippen LogP contribution is 2.21. The van der Waals surface area contributed by atoms with Gasteiger partial charge >= 0.3 is 0 Å². The van der Waals surface area contributed by atoms with E-state index in [0.29, 0.717) is 6.61 Å². The second kappa shape index (κ2) is 7.16. The van der Waals surface area contributed by atoms with Crippen LogP contribution in [-0.2, 0) is 0 Å². The monoisotopic (exact) mass is 260 g/mol. The fraction of sp³-hybridized carbons (Fsp3) is 0.562. The topological polar surface area (TPSA) is 45.0 Å². The maximum absolute atomic E-state index is 9.22. The number of nitrogens with zero attached hydrogens (tertiary/aromatic N) is 1. The number of rotatable bonds is 7. The van der Waals surface area contributed by atoms with E-state index in [2.05, 4.69) is 36.5 Å². The van der Waals surface area contributed by atoms with Gasteiger partial charge < -0.3 is 10.1 Å². The molecule has 0 heterocycles. The molecule has 1 aromatic carbocycles. The molecule has 0 bridgehead atoms. The molecule has 0 aromatic heterocycles. The van der Waals surface area contributed by atoms with Crippen LogP contribution in [0.25, 0.3) is 0 Å². The van der Waals surface area contributed by atoms with Gasteiger partial charge in [0.25, 0.3) is 0 Å². The first-order valence-corrected chi connectivity index (χ1v) is 6.87. The van der Waals surface area contributed by atoms with E-state index in [0.717, 1.165) is 30.6 Å². The molecule has 0 aliphatic rings. The highest BCUT2D eigenvalue weighted by molar-refractivity contribution is 5.35. The van der Waals surface area contributed by atoms with Crippen molar-refractivity contribution in [3.05, 3.63) is 29.3 Å². The SMILES string of the molecule is CCC(C#N)(CCCOc1cc(C)ccc1C)NC. The largest absolute Gasteiger partial charge is 0.493 e. The van der Waals surface area contributed by atoms with Gasteiger partial charge in [-0.05, 0) is 57.4 Å². The molecular weight excluding hydrogens is 236 g/mol. The van der Waals surface area contributed by atoms with Crippen molar-refractivity contribution in [1.82, 2.24) is 5.32 Å². The van der Waals surface area contributed by atoms with Crippen molar-refractivity contribution in [2.24, 2.45) is 0 Å². The number of hydrogen-bond donors (Lipinski definition) is 1. The van der Waals surface area contributed by atoms with Crippen molar-refractivity contribution < 1.29 is 4.74 Å². The molecule has 3 heteroatoms. The Labute approximate surface area is 116 Å². The number of nitrogens with one attached hydrogen (secondary N) is 1. The first-order chi connectivity index (χ1) is 9.06. The zero-order valence-corrected chi connectivity index (χ0v) is 12.4. The third-order valence-electron chi connectivity index (χ3n) is 3.65. The Morgan fingerprint density at radius 1 is 1.37 bits per heavy atom. The lowest BCUT2D eigenvalue weighted by Gasteiger charge is -2.24. The summed E-state index contributed by atoms with van der Waals surface area (Å²) < 4.78 is 5.81. The molecule has 0 saturated carbocycles. The maximum Gasteiger partial charge on any atom is 0.122 e. The molecule has 0 fully saturated rings. The van der Waals surface area contributed by atoms with E-state index in [-0.39, 0.29) is 0 Å². The van der Waals surface area contributed by atoms with Crippen LogP contribution < -0.4 is 10.1 Å². The smallest absolute Gasteiger partial charge is 0.122 e. The normalized spacial score (nSPS) is 13.6. The van der Waals surface area contributed by atoms with Gasteiger partial charge in [0.1, 0.15) is 11.3 Å². The number of nitriles is 1. The zero-order valence-electron chi connectivity index (χ0n) is 12.4. The number of hydrogen-bond acceptors (Lipinski definition) is 3. The standard InChI is InChI=1S/C16H24N2O/c1-5-16(12-17,18-4)9-6-10-19-15-11-13(2)7-8-14(15)3/h7-8,11,18H,5-6,9-10H2,1-4H3. The van der Waals surface area contributed by atoms with Gasteiger partial charge in [0.05, 0.1) is 12.7 Å². The van der Waals surface area contributed by atoms with Crippen molar-refractivity contribution in [3.63, 3.8) is 0 Å². The highest BCUT2D eigenvalue weighted by atomic mass is 16.5. The molecule has 19 heavy (non-hydrogen) atoms. The first kappa shape index (κ1) is 15.5. The Morgan fingerprint density at radius 3 is 2.68 bits per heavy atom. The minimum absolute atomic E-state index is 0.412. The molecule has 1 unspecified atom stereocenters. The van der Waals surface area contributed by atoms with Gasteiger partial charge in [-0.15, -0.1) is 0 Å². The third-order valence-corrected chi connectivity index (χ3v) is 3.65. The fourth-order valence-electron chi connectivity index (χ4n) is 2.09. The van der Waals surface area contributed by atoms with E-state index in [9.17, 15) is 5.26 Å². The van der Waals surface area contributed by atoms with Gasteiger partial charge in [0.15, 0.2) is 0 Å². The van der Waals surface area contributed by atoms with Crippen LogP contribution in [-0.4, -0.2) is 19.2 Å². The van der Waals surface area contributed by atoms with Crippen LogP contribution in [0.15, 0.2) is 18.2 Å². The lowest BCUT2D eigenvalue weighted by Crippen LogP contribution is -2.41. The summed E-state index contributed by atoms with van der Waals surface area (Å²) in [4.78, 5) is 0. The van der Waals surface area contributed by atoms with E-state index >= 15 is 0 Å². The molecule has 0 aliphatic heterocycles. The predicted octanol–water partition coefficient (Wildman–Crippen LogP) is 3.35. The van der Waals surface area contributed by atoms with Crippen molar-refractivity contribution in [3.8, 4) is 11.8 Å². The Bertz CT molecular complexity index is 445. The number of benzene rings is 1. The molecule has 0 spiro atoms. The van der Waals surface area contributed by atoms with Gasteiger partial charge in [-0.25, -0.2) is 0 Å². The van der Waals surface area contributed by atoms with Crippen LogP contribution in [0.2, 0.25) is 0 Å². The zero-order chi connectivity index (χ0) is 14.3. The predicted molar refractivity (Wildman–Crippen MR) is 78.3 cm³/mol. The number of aryl methyl sites for hydroxylation is 2. The van der Waals surface area contributed by atoms with Crippen LogP contribution >= 0.6 is 0 Å². The molecule has 104 valence electrons. The summed E-state index contributed by atoms with van der Waals surface area (Å²) in [7, 11) is 1.85. The molecule has 0 amide bonds. The van der Waals surface area contributed by atoms with E-state index in [1.54, 1.807) is 0 Å². The number of ether oxygens (including phenoxy) is 1. The Balaban J connectivity index is 2.47. The van der Waals surface area contributed by atoms with Gasteiger partial charge in [0.2, 0.25) is 0 Å². The van der Waals surface area contributed by atoms with Crippen LogP contribution in [0.3, 0.4) is 0 Å². The molecule has 0 radical (unpaired) electrons. The first-order valence-electron chi connectivity index (χ1n) is 6.87. The second-order valence-electron chi connectivity index (χ2n) is 5.02. The molecule has 3 nitrogen and oxygen atoms in total. The van der Waals surface area contributed by atoms with Gasteiger partial charge in [0, 0.05) is 0 Å².